The molecule has 126 valence electrons. The molecule has 2 saturated heterocycles. The summed E-state index contributed by atoms with van der Waals surface area (Å²) in [5.74, 6) is -0.572. The van der Waals surface area contributed by atoms with Crippen molar-refractivity contribution in [1.29, 1.82) is 0 Å². The Morgan fingerprint density at radius 3 is 3.17 bits per heavy atom. The molecule has 0 aliphatic carbocycles. The number of nitrogens with zero attached hydrogens (tertiary/aromatic N) is 2. The number of hydrogen-bond donors (Lipinski definition) is 0. The quantitative estimate of drug-likeness (QED) is 0.856. The van der Waals surface area contributed by atoms with Crippen LogP contribution < -0.4 is 4.74 Å². The van der Waals surface area contributed by atoms with E-state index >= 15 is 0 Å². The number of carbonyl (C=O) groups is 1. The first kappa shape index (κ1) is 15.5. The van der Waals surface area contributed by atoms with Gasteiger partial charge in [-0.25, -0.2) is 9.37 Å². The van der Waals surface area contributed by atoms with Crippen LogP contribution in [0.3, 0.4) is 0 Å². The Balaban J connectivity index is 1.57. The molecule has 0 aromatic carbocycles. The second kappa shape index (κ2) is 6.49. The van der Waals surface area contributed by atoms with Crippen LogP contribution in [0.1, 0.15) is 23.2 Å². The van der Waals surface area contributed by atoms with Gasteiger partial charge in [0.25, 0.3) is 11.8 Å². The molecular formula is C17H17FN2O3S. The van der Waals surface area contributed by atoms with E-state index in [1.807, 2.05) is 16.8 Å². The maximum atomic E-state index is 13.8. The van der Waals surface area contributed by atoms with Crippen LogP contribution in [0, 0.1) is 5.82 Å². The van der Waals surface area contributed by atoms with Gasteiger partial charge in [0.05, 0.1) is 18.2 Å². The minimum absolute atomic E-state index is 0.0238. The summed E-state index contributed by atoms with van der Waals surface area (Å²) in [6, 6.07) is 4.61. The van der Waals surface area contributed by atoms with Crippen molar-refractivity contribution in [2.24, 2.45) is 0 Å². The first-order valence-corrected chi connectivity index (χ1v) is 8.90. The normalized spacial score (nSPS) is 26.2. The van der Waals surface area contributed by atoms with Crippen LogP contribution in [0.15, 0.2) is 35.2 Å². The number of aromatic nitrogens is 1. The Bertz CT molecular complexity index is 724. The Morgan fingerprint density at radius 2 is 2.38 bits per heavy atom. The largest absolute Gasteiger partial charge is 0.468 e. The van der Waals surface area contributed by atoms with Crippen LogP contribution in [0.4, 0.5) is 4.39 Å². The highest BCUT2D eigenvalue weighted by Crippen LogP contribution is 2.32. The lowest BCUT2D eigenvalue weighted by Crippen LogP contribution is -2.44. The molecule has 2 aliphatic heterocycles. The summed E-state index contributed by atoms with van der Waals surface area (Å²) >= 11 is 1.49. The van der Waals surface area contributed by atoms with Gasteiger partial charge in [0.1, 0.15) is 12.2 Å². The van der Waals surface area contributed by atoms with Crippen LogP contribution in [0.25, 0.3) is 0 Å². The smallest absolute Gasteiger partial charge is 0.255 e. The third-order valence-corrected chi connectivity index (χ3v) is 5.18. The first-order chi connectivity index (χ1) is 11.7. The number of rotatable bonds is 3. The van der Waals surface area contributed by atoms with E-state index in [2.05, 4.69) is 4.98 Å². The third kappa shape index (κ3) is 2.78. The predicted molar refractivity (Wildman–Crippen MR) is 86.7 cm³/mol. The van der Waals surface area contributed by atoms with Crippen molar-refractivity contribution in [2.45, 2.75) is 31.1 Å². The van der Waals surface area contributed by atoms with Crippen molar-refractivity contribution in [3.63, 3.8) is 0 Å². The lowest BCUT2D eigenvalue weighted by Gasteiger charge is -2.31. The molecule has 2 fully saturated rings. The van der Waals surface area contributed by atoms with Gasteiger partial charge in [-0.2, -0.15) is 11.3 Å². The fourth-order valence-electron chi connectivity index (χ4n) is 3.40. The highest BCUT2D eigenvalue weighted by Gasteiger charge is 2.47. The summed E-state index contributed by atoms with van der Waals surface area (Å²) in [5, 5.41) is 3.73. The lowest BCUT2D eigenvalue weighted by molar-refractivity contribution is -0.0462. The van der Waals surface area contributed by atoms with Crippen LogP contribution in [0.5, 0.6) is 5.88 Å². The monoisotopic (exact) mass is 348 g/mol. The van der Waals surface area contributed by atoms with Crippen LogP contribution >= 0.6 is 11.3 Å². The number of hydrogen-bond acceptors (Lipinski definition) is 5. The van der Waals surface area contributed by atoms with E-state index in [0.717, 1.165) is 12.8 Å². The van der Waals surface area contributed by atoms with Crippen molar-refractivity contribution in [3.05, 3.63) is 46.5 Å². The van der Waals surface area contributed by atoms with E-state index < -0.39 is 11.9 Å². The number of fused-ring (bicyclic) bond motifs is 1. The van der Waals surface area contributed by atoms with E-state index in [-0.39, 0.29) is 23.9 Å². The number of likely N-dealkylation sites (tertiary alicyclic amines) is 1. The fraction of sp³-hybridized carbons (Fsp3) is 0.412. The molecule has 24 heavy (non-hydrogen) atoms. The SMILES string of the molecule is O=C(c1ccsc1)N1C[C@@H](Oc2ncccc2F)[C@@H]2OCCC[C@@H]21. The highest BCUT2D eigenvalue weighted by molar-refractivity contribution is 7.08. The summed E-state index contributed by atoms with van der Waals surface area (Å²) in [6.07, 6.45) is 2.59. The molecule has 1 amide bonds. The number of carbonyl (C=O) groups excluding carboxylic acids is 1. The van der Waals surface area contributed by atoms with Crippen LogP contribution in [0.2, 0.25) is 0 Å². The topological polar surface area (TPSA) is 51.7 Å². The second-order valence-electron chi connectivity index (χ2n) is 5.96. The minimum Gasteiger partial charge on any atom is -0.468 e. The van der Waals surface area contributed by atoms with Crippen molar-refractivity contribution >= 4 is 17.2 Å². The van der Waals surface area contributed by atoms with Crippen molar-refractivity contribution in [3.8, 4) is 5.88 Å². The van der Waals surface area contributed by atoms with Crippen molar-refractivity contribution in [1.82, 2.24) is 9.88 Å². The van der Waals surface area contributed by atoms with E-state index in [9.17, 15) is 9.18 Å². The summed E-state index contributed by atoms with van der Waals surface area (Å²) in [4.78, 5) is 18.5. The lowest BCUT2D eigenvalue weighted by atomic mass is 10.0. The van der Waals surface area contributed by atoms with E-state index in [0.29, 0.717) is 18.7 Å². The molecule has 0 saturated carbocycles. The Kier molecular flexibility index (Phi) is 4.20. The van der Waals surface area contributed by atoms with Crippen LogP contribution in [-0.4, -0.2) is 47.2 Å². The maximum Gasteiger partial charge on any atom is 0.255 e. The summed E-state index contributed by atoms with van der Waals surface area (Å²) < 4.78 is 25.5. The molecular weight excluding hydrogens is 331 g/mol. The molecule has 0 spiro atoms. The number of halogens is 1. The van der Waals surface area contributed by atoms with Gasteiger partial charge in [-0.05, 0) is 36.4 Å². The summed E-state index contributed by atoms with van der Waals surface area (Å²) in [5.41, 5.74) is 0.675. The Labute approximate surface area is 143 Å². The standard InChI is InChI=1S/C17H17FN2O3S/c18-12-3-1-6-19-16(12)23-14-9-20(13-4-2-7-22-15(13)14)17(21)11-5-8-24-10-11/h1,3,5-6,8,10,13-15H,2,4,7,9H2/t13-,14+,15+/m0/s1. The average molecular weight is 348 g/mol. The fourth-order valence-corrected chi connectivity index (χ4v) is 4.03. The number of amides is 1. The molecule has 0 bridgehead atoms. The number of ether oxygens (including phenoxy) is 2. The van der Waals surface area contributed by atoms with Gasteiger partial charge in [-0.1, -0.05) is 0 Å². The van der Waals surface area contributed by atoms with Gasteiger partial charge in [0.2, 0.25) is 0 Å². The van der Waals surface area contributed by atoms with E-state index in [1.54, 1.807) is 4.90 Å². The Hall–Kier alpha value is -1.99. The zero-order chi connectivity index (χ0) is 16.5. The number of thiophene rings is 1. The van der Waals surface area contributed by atoms with Crippen molar-refractivity contribution in [2.75, 3.05) is 13.2 Å². The molecule has 4 heterocycles. The minimum atomic E-state index is -0.507. The average Bonchev–Trinajstić information content (AvgIpc) is 3.25. The summed E-state index contributed by atoms with van der Waals surface area (Å²) in [7, 11) is 0. The Morgan fingerprint density at radius 1 is 1.46 bits per heavy atom. The molecule has 2 aromatic heterocycles. The van der Waals surface area contributed by atoms with E-state index in [4.69, 9.17) is 9.47 Å². The van der Waals surface area contributed by atoms with Gasteiger partial charge >= 0.3 is 0 Å². The van der Waals surface area contributed by atoms with E-state index in [1.165, 1.54) is 29.7 Å². The molecule has 2 aliphatic rings. The van der Waals surface area contributed by atoms with Gasteiger partial charge in [-0.3, -0.25) is 4.79 Å². The maximum absolute atomic E-state index is 13.8. The molecule has 0 radical (unpaired) electrons. The number of pyridine rings is 1. The second-order valence-corrected chi connectivity index (χ2v) is 6.74. The zero-order valence-electron chi connectivity index (χ0n) is 12.9. The third-order valence-electron chi connectivity index (χ3n) is 4.49. The molecule has 4 rings (SSSR count). The highest BCUT2D eigenvalue weighted by atomic mass is 32.1. The van der Waals surface area contributed by atoms with Gasteiger partial charge in [0, 0.05) is 18.2 Å². The van der Waals surface area contributed by atoms with Crippen molar-refractivity contribution < 1.29 is 18.7 Å². The van der Waals surface area contributed by atoms with Crippen LogP contribution in [-0.2, 0) is 4.74 Å². The summed E-state index contributed by atoms with van der Waals surface area (Å²) in [6.45, 7) is 1.01. The molecule has 0 N–H and O–H groups in total. The molecule has 7 heteroatoms. The van der Waals surface area contributed by atoms with Gasteiger partial charge in [0.15, 0.2) is 5.82 Å². The zero-order valence-corrected chi connectivity index (χ0v) is 13.7. The molecule has 2 aromatic rings. The molecule has 0 unspecified atom stereocenters. The van der Waals surface area contributed by atoms with Gasteiger partial charge < -0.3 is 14.4 Å². The molecule has 3 atom stereocenters. The first-order valence-electron chi connectivity index (χ1n) is 7.96. The predicted octanol–water partition coefficient (Wildman–Crippen LogP) is 2.73. The molecule has 5 nitrogen and oxygen atoms in total. The van der Waals surface area contributed by atoms with Gasteiger partial charge in [-0.15, -0.1) is 0 Å².